The number of nitrogens with one attached hydrogen (secondary N) is 1. The number of H-pyrrole nitrogens is 1. The zero-order valence-corrected chi connectivity index (χ0v) is 17.7. The van der Waals surface area contributed by atoms with Gasteiger partial charge in [0.15, 0.2) is 11.9 Å². The number of esters is 1. The van der Waals surface area contributed by atoms with Gasteiger partial charge < -0.3 is 14.6 Å². The normalized spacial score (nSPS) is 14.7. The van der Waals surface area contributed by atoms with Crippen LogP contribution in [0.15, 0.2) is 24.3 Å². The SMILES string of the molecule is CC(=O)c1c(C)[nH]c(C(=O)C(C)OC(=O)c2ccc(CN3CCCC3=O)cc2)c1C. The lowest BCUT2D eigenvalue weighted by Crippen LogP contribution is -2.25. The first-order chi connectivity index (χ1) is 14.2. The second kappa shape index (κ2) is 8.65. The molecule has 0 spiro atoms. The maximum absolute atomic E-state index is 12.7. The molecule has 1 saturated heterocycles. The number of aryl methyl sites for hydroxylation is 1. The molecule has 0 saturated carbocycles. The van der Waals surface area contributed by atoms with Crippen molar-refractivity contribution in [3.63, 3.8) is 0 Å². The van der Waals surface area contributed by atoms with Gasteiger partial charge in [-0.3, -0.25) is 14.4 Å². The van der Waals surface area contributed by atoms with Gasteiger partial charge in [-0.2, -0.15) is 0 Å². The zero-order valence-electron chi connectivity index (χ0n) is 17.7. The number of benzene rings is 1. The molecule has 7 heteroatoms. The first-order valence-electron chi connectivity index (χ1n) is 10.0. The van der Waals surface area contributed by atoms with E-state index >= 15 is 0 Å². The summed E-state index contributed by atoms with van der Waals surface area (Å²) in [4.78, 5) is 53.4. The summed E-state index contributed by atoms with van der Waals surface area (Å²) in [6.07, 6.45) is 0.461. The standard InChI is InChI=1S/C23H26N2O5/c1-13-20(15(3)26)14(2)24-21(13)22(28)16(4)30-23(29)18-9-7-17(8-10-18)12-25-11-5-6-19(25)27/h7-10,16,24H,5-6,11-12H2,1-4H3. The Morgan fingerprint density at radius 1 is 1.17 bits per heavy atom. The molecule has 1 aromatic carbocycles. The molecule has 1 amide bonds. The van der Waals surface area contributed by atoms with Crippen LogP contribution in [0, 0.1) is 13.8 Å². The van der Waals surface area contributed by atoms with Crippen LogP contribution >= 0.6 is 0 Å². The number of hydrogen-bond acceptors (Lipinski definition) is 5. The Bertz CT molecular complexity index is 1000. The number of carbonyl (C=O) groups is 4. The van der Waals surface area contributed by atoms with E-state index in [2.05, 4.69) is 4.98 Å². The molecule has 1 atom stereocenters. The van der Waals surface area contributed by atoms with Crippen molar-refractivity contribution in [2.24, 2.45) is 0 Å². The molecule has 0 bridgehead atoms. The van der Waals surface area contributed by atoms with Gasteiger partial charge in [-0.1, -0.05) is 12.1 Å². The summed E-state index contributed by atoms with van der Waals surface area (Å²) in [5, 5.41) is 0. The molecule has 158 valence electrons. The van der Waals surface area contributed by atoms with Crippen LogP contribution in [-0.4, -0.2) is 46.0 Å². The molecule has 30 heavy (non-hydrogen) atoms. The highest BCUT2D eigenvalue weighted by atomic mass is 16.5. The van der Waals surface area contributed by atoms with Crippen LogP contribution in [-0.2, 0) is 16.1 Å². The molecule has 1 aliphatic heterocycles. The van der Waals surface area contributed by atoms with Crippen LogP contribution in [0.1, 0.15) is 74.7 Å². The molecule has 0 aliphatic carbocycles. The lowest BCUT2D eigenvalue weighted by molar-refractivity contribution is -0.128. The van der Waals surface area contributed by atoms with E-state index in [0.29, 0.717) is 35.3 Å². The van der Waals surface area contributed by atoms with Crippen molar-refractivity contribution in [3.8, 4) is 0 Å². The third kappa shape index (κ3) is 4.35. The van der Waals surface area contributed by atoms with Crippen LogP contribution < -0.4 is 0 Å². The topological polar surface area (TPSA) is 96.5 Å². The third-order valence-corrected chi connectivity index (χ3v) is 5.42. The average Bonchev–Trinajstić information content (AvgIpc) is 3.23. The fourth-order valence-corrected chi connectivity index (χ4v) is 3.85. The second-order valence-corrected chi connectivity index (χ2v) is 7.71. The molecule has 3 rings (SSSR count). The van der Waals surface area contributed by atoms with Gasteiger partial charge in [0.1, 0.15) is 0 Å². The number of rotatable bonds is 7. The van der Waals surface area contributed by atoms with Crippen LogP contribution in [0.2, 0.25) is 0 Å². The summed E-state index contributed by atoms with van der Waals surface area (Å²) in [5.74, 6) is -0.970. The molecule has 1 aromatic heterocycles. The Balaban J connectivity index is 1.65. The fourth-order valence-electron chi connectivity index (χ4n) is 3.85. The summed E-state index contributed by atoms with van der Waals surface area (Å²) in [6.45, 7) is 7.67. The number of likely N-dealkylation sites (tertiary alicyclic amines) is 1. The molecule has 7 nitrogen and oxygen atoms in total. The molecule has 1 unspecified atom stereocenters. The van der Waals surface area contributed by atoms with Crippen molar-refractivity contribution >= 4 is 23.4 Å². The van der Waals surface area contributed by atoms with E-state index < -0.39 is 12.1 Å². The highest BCUT2D eigenvalue weighted by molar-refractivity contribution is 6.05. The van der Waals surface area contributed by atoms with Crippen molar-refractivity contribution < 1.29 is 23.9 Å². The molecule has 2 heterocycles. The van der Waals surface area contributed by atoms with E-state index in [-0.39, 0.29) is 23.2 Å². The van der Waals surface area contributed by atoms with Gasteiger partial charge in [-0.25, -0.2) is 4.79 Å². The molecule has 0 radical (unpaired) electrons. The number of carbonyl (C=O) groups excluding carboxylic acids is 4. The predicted molar refractivity (Wildman–Crippen MR) is 111 cm³/mol. The van der Waals surface area contributed by atoms with E-state index in [0.717, 1.165) is 18.5 Å². The summed E-state index contributed by atoms with van der Waals surface area (Å²) in [5.41, 5.74) is 3.21. The molecular formula is C23H26N2O5. The summed E-state index contributed by atoms with van der Waals surface area (Å²) in [7, 11) is 0. The number of nitrogens with zero attached hydrogens (tertiary/aromatic N) is 1. The first kappa shape index (κ1) is 21.5. The molecular weight excluding hydrogens is 384 g/mol. The minimum absolute atomic E-state index is 0.124. The van der Waals surface area contributed by atoms with Crippen molar-refractivity contribution in [1.82, 2.24) is 9.88 Å². The lowest BCUT2D eigenvalue weighted by atomic mass is 10.0. The number of aromatic nitrogens is 1. The smallest absolute Gasteiger partial charge is 0.338 e. The van der Waals surface area contributed by atoms with Gasteiger partial charge >= 0.3 is 5.97 Å². The van der Waals surface area contributed by atoms with Gasteiger partial charge in [0.05, 0.1) is 11.3 Å². The van der Waals surface area contributed by atoms with Gasteiger partial charge in [0, 0.05) is 30.8 Å². The first-order valence-corrected chi connectivity index (χ1v) is 10.0. The van der Waals surface area contributed by atoms with Crippen LogP contribution in [0.5, 0.6) is 0 Å². The lowest BCUT2D eigenvalue weighted by Gasteiger charge is -2.16. The number of amides is 1. The number of aromatic amines is 1. The van der Waals surface area contributed by atoms with Crippen molar-refractivity contribution in [2.75, 3.05) is 6.54 Å². The Morgan fingerprint density at radius 3 is 2.37 bits per heavy atom. The fraction of sp³-hybridized carbons (Fsp3) is 0.391. The highest BCUT2D eigenvalue weighted by Crippen LogP contribution is 2.21. The quantitative estimate of drug-likeness (QED) is 0.558. The average molecular weight is 410 g/mol. The molecule has 1 N–H and O–H groups in total. The van der Waals surface area contributed by atoms with Crippen molar-refractivity contribution in [2.45, 2.75) is 53.2 Å². The Hall–Kier alpha value is -3.22. The monoisotopic (exact) mass is 410 g/mol. The number of ether oxygens (including phenoxy) is 1. The van der Waals surface area contributed by atoms with Gasteiger partial charge in [-0.15, -0.1) is 0 Å². The zero-order chi connectivity index (χ0) is 22.0. The van der Waals surface area contributed by atoms with Gasteiger partial charge in [0.25, 0.3) is 0 Å². The summed E-state index contributed by atoms with van der Waals surface area (Å²) < 4.78 is 5.35. The van der Waals surface area contributed by atoms with Crippen molar-refractivity contribution in [3.05, 3.63) is 57.9 Å². The summed E-state index contributed by atoms with van der Waals surface area (Å²) in [6, 6.07) is 6.83. The van der Waals surface area contributed by atoms with E-state index in [1.807, 2.05) is 0 Å². The largest absolute Gasteiger partial charge is 0.451 e. The minimum atomic E-state index is -1.00. The number of hydrogen-bond donors (Lipinski definition) is 1. The number of ketones is 2. The molecule has 2 aromatic rings. The van der Waals surface area contributed by atoms with E-state index in [1.165, 1.54) is 13.8 Å². The van der Waals surface area contributed by atoms with E-state index in [9.17, 15) is 19.2 Å². The second-order valence-electron chi connectivity index (χ2n) is 7.71. The van der Waals surface area contributed by atoms with Crippen LogP contribution in [0.4, 0.5) is 0 Å². The summed E-state index contributed by atoms with van der Waals surface area (Å²) >= 11 is 0. The van der Waals surface area contributed by atoms with Crippen LogP contribution in [0.25, 0.3) is 0 Å². The Labute approximate surface area is 175 Å². The van der Waals surface area contributed by atoms with Crippen molar-refractivity contribution in [1.29, 1.82) is 0 Å². The maximum atomic E-state index is 12.7. The Morgan fingerprint density at radius 2 is 1.83 bits per heavy atom. The molecule has 1 aliphatic rings. The van der Waals surface area contributed by atoms with Gasteiger partial charge in [0.2, 0.25) is 11.7 Å². The molecule has 1 fully saturated rings. The van der Waals surface area contributed by atoms with Crippen LogP contribution in [0.3, 0.4) is 0 Å². The van der Waals surface area contributed by atoms with E-state index in [1.54, 1.807) is 43.0 Å². The maximum Gasteiger partial charge on any atom is 0.338 e. The van der Waals surface area contributed by atoms with Gasteiger partial charge in [-0.05, 0) is 57.4 Å². The number of Topliss-reactive ketones (excluding diaryl/α,β-unsaturated/α-hetero) is 2. The highest BCUT2D eigenvalue weighted by Gasteiger charge is 2.26. The van der Waals surface area contributed by atoms with E-state index in [4.69, 9.17) is 4.74 Å². The third-order valence-electron chi connectivity index (χ3n) is 5.42. The Kier molecular flexibility index (Phi) is 6.20. The minimum Gasteiger partial charge on any atom is -0.451 e. The predicted octanol–water partition coefficient (Wildman–Crippen LogP) is 3.38.